The Morgan fingerprint density at radius 2 is 2.16 bits per heavy atom. The molecule has 1 N–H and O–H groups in total. The predicted molar refractivity (Wildman–Crippen MR) is 75.0 cm³/mol. The van der Waals surface area contributed by atoms with E-state index in [1.807, 2.05) is 6.07 Å². The Labute approximate surface area is 113 Å². The van der Waals surface area contributed by atoms with Gasteiger partial charge in [0.1, 0.15) is 11.6 Å². The van der Waals surface area contributed by atoms with Crippen LogP contribution in [0, 0.1) is 27.4 Å². The first-order valence-corrected chi connectivity index (χ1v) is 6.47. The summed E-state index contributed by atoms with van der Waals surface area (Å²) in [5.41, 5.74) is 0.639. The van der Waals surface area contributed by atoms with Gasteiger partial charge in [-0.15, -0.1) is 0 Å². The van der Waals surface area contributed by atoms with Gasteiger partial charge in [-0.1, -0.05) is 26.7 Å². The van der Waals surface area contributed by atoms with E-state index in [1.54, 1.807) is 6.07 Å². The second kappa shape index (κ2) is 7.37. The summed E-state index contributed by atoms with van der Waals surface area (Å²) in [5, 5.41) is 22.7. The standard InChI is InChI=1S/C14H19N3O2/c1-11(2)5-3-4-8-16-13-7-6-12(10-15)14(9-13)17(18)19/h6-7,9,11,16H,3-5,8H2,1-2H3. The molecule has 0 unspecified atom stereocenters. The third-order valence-corrected chi connectivity index (χ3v) is 2.85. The molecule has 0 fully saturated rings. The molecule has 1 aromatic carbocycles. The average Bonchev–Trinajstić information content (AvgIpc) is 2.37. The van der Waals surface area contributed by atoms with Gasteiger partial charge in [-0.2, -0.15) is 5.26 Å². The van der Waals surface area contributed by atoms with Crippen molar-refractivity contribution >= 4 is 11.4 Å². The Kier molecular flexibility index (Phi) is 5.80. The van der Waals surface area contributed by atoms with Gasteiger partial charge in [0.05, 0.1) is 4.92 Å². The Morgan fingerprint density at radius 1 is 1.42 bits per heavy atom. The minimum atomic E-state index is -0.525. The summed E-state index contributed by atoms with van der Waals surface area (Å²) in [6.45, 7) is 5.17. The van der Waals surface area contributed by atoms with E-state index < -0.39 is 4.92 Å². The molecular formula is C14H19N3O2. The number of hydrogen-bond acceptors (Lipinski definition) is 4. The topological polar surface area (TPSA) is 79.0 Å². The predicted octanol–water partition coefficient (Wildman–Crippen LogP) is 3.70. The maximum atomic E-state index is 10.8. The summed E-state index contributed by atoms with van der Waals surface area (Å²) >= 11 is 0. The van der Waals surface area contributed by atoms with E-state index in [-0.39, 0.29) is 11.3 Å². The Hall–Kier alpha value is -2.09. The van der Waals surface area contributed by atoms with Gasteiger partial charge in [0.15, 0.2) is 0 Å². The Morgan fingerprint density at radius 3 is 2.74 bits per heavy atom. The summed E-state index contributed by atoms with van der Waals surface area (Å²) in [5.74, 6) is 0.705. The summed E-state index contributed by atoms with van der Waals surface area (Å²) in [7, 11) is 0. The van der Waals surface area contributed by atoms with Crippen LogP contribution in [0.5, 0.6) is 0 Å². The molecule has 0 radical (unpaired) electrons. The van der Waals surface area contributed by atoms with E-state index in [0.29, 0.717) is 11.6 Å². The van der Waals surface area contributed by atoms with E-state index >= 15 is 0 Å². The van der Waals surface area contributed by atoms with Crippen molar-refractivity contribution in [3.05, 3.63) is 33.9 Å². The van der Waals surface area contributed by atoms with Crippen molar-refractivity contribution < 1.29 is 4.92 Å². The molecule has 1 rings (SSSR count). The first-order valence-electron chi connectivity index (χ1n) is 6.47. The smallest absolute Gasteiger partial charge is 0.289 e. The first kappa shape index (κ1) is 15.0. The van der Waals surface area contributed by atoms with Gasteiger partial charge >= 0.3 is 0 Å². The van der Waals surface area contributed by atoms with Crippen LogP contribution in [0.3, 0.4) is 0 Å². The number of unbranched alkanes of at least 4 members (excludes halogenated alkanes) is 1. The third-order valence-electron chi connectivity index (χ3n) is 2.85. The van der Waals surface area contributed by atoms with Crippen LogP contribution in [0.2, 0.25) is 0 Å². The fraction of sp³-hybridized carbons (Fsp3) is 0.500. The van der Waals surface area contributed by atoms with Crippen molar-refractivity contribution in [2.75, 3.05) is 11.9 Å². The van der Waals surface area contributed by atoms with Crippen molar-refractivity contribution in [2.45, 2.75) is 33.1 Å². The lowest BCUT2D eigenvalue weighted by atomic mass is 10.1. The summed E-state index contributed by atoms with van der Waals surface area (Å²) < 4.78 is 0. The molecule has 0 amide bonds. The second-order valence-electron chi connectivity index (χ2n) is 4.92. The molecule has 0 bridgehead atoms. The van der Waals surface area contributed by atoms with Gasteiger partial charge in [0.2, 0.25) is 0 Å². The maximum Gasteiger partial charge on any atom is 0.289 e. The van der Waals surface area contributed by atoms with Crippen molar-refractivity contribution in [2.24, 2.45) is 5.92 Å². The number of nitrogens with zero attached hydrogens (tertiary/aromatic N) is 2. The minimum absolute atomic E-state index is 0.0929. The summed E-state index contributed by atoms with van der Waals surface area (Å²) in [4.78, 5) is 10.3. The molecule has 0 aliphatic rings. The van der Waals surface area contributed by atoms with Crippen LogP contribution < -0.4 is 5.32 Å². The van der Waals surface area contributed by atoms with E-state index in [0.717, 1.165) is 19.4 Å². The van der Waals surface area contributed by atoms with E-state index in [9.17, 15) is 10.1 Å². The largest absolute Gasteiger partial charge is 0.385 e. The number of hydrogen-bond donors (Lipinski definition) is 1. The van der Waals surface area contributed by atoms with Crippen LogP contribution in [0.1, 0.15) is 38.7 Å². The van der Waals surface area contributed by atoms with Crippen LogP contribution >= 0.6 is 0 Å². The highest BCUT2D eigenvalue weighted by Gasteiger charge is 2.13. The zero-order valence-electron chi connectivity index (χ0n) is 11.3. The quantitative estimate of drug-likeness (QED) is 0.461. The number of benzene rings is 1. The lowest BCUT2D eigenvalue weighted by molar-refractivity contribution is -0.385. The maximum absolute atomic E-state index is 10.8. The lowest BCUT2D eigenvalue weighted by Gasteiger charge is -2.07. The molecule has 19 heavy (non-hydrogen) atoms. The van der Waals surface area contributed by atoms with Gasteiger partial charge in [-0.05, 0) is 24.5 Å². The summed E-state index contributed by atoms with van der Waals surface area (Å²) in [6, 6.07) is 6.42. The molecular weight excluding hydrogens is 242 g/mol. The Balaban J connectivity index is 2.54. The number of nitro benzene ring substituents is 1. The fourth-order valence-electron chi connectivity index (χ4n) is 1.80. The zero-order valence-corrected chi connectivity index (χ0v) is 11.3. The van der Waals surface area contributed by atoms with Crippen molar-refractivity contribution in [1.29, 1.82) is 5.26 Å². The number of nitriles is 1. The molecule has 0 aromatic heterocycles. The van der Waals surface area contributed by atoms with Crippen molar-refractivity contribution in [3.8, 4) is 6.07 Å². The molecule has 0 heterocycles. The van der Waals surface area contributed by atoms with Crippen LogP contribution in [0.4, 0.5) is 11.4 Å². The second-order valence-corrected chi connectivity index (χ2v) is 4.92. The molecule has 0 aliphatic heterocycles. The highest BCUT2D eigenvalue weighted by Crippen LogP contribution is 2.22. The van der Waals surface area contributed by atoms with Crippen molar-refractivity contribution in [3.63, 3.8) is 0 Å². The Bertz CT molecular complexity index is 478. The zero-order chi connectivity index (χ0) is 14.3. The highest BCUT2D eigenvalue weighted by atomic mass is 16.6. The fourth-order valence-corrected chi connectivity index (χ4v) is 1.80. The van der Waals surface area contributed by atoms with E-state index in [1.165, 1.54) is 18.6 Å². The van der Waals surface area contributed by atoms with Crippen LogP contribution in [-0.2, 0) is 0 Å². The average molecular weight is 261 g/mol. The monoisotopic (exact) mass is 261 g/mol. The normalized spacial score (nSPS) is 10.2. The van der Waals surface area contributed by atoms with Crippen LogP contribution in [0.15, 0.2) is 18.2 Å². The van der Waals surface area contributed by atoms with Gasteiger partial charge in [0, 0.05) is 18.3 Å². The lowest BCUT2D eigenvalue weighted by Crippen LogP contribution is -2.03. The van der Waals surface area contributed by atoms with Gasteiger partial charge < -0.3 is 5.32 Å². The number of rotatable bonds is 7. The molecule has 0 aliphatic carbocycles. The number of anilines is 1. The molecule has 1 aromatic rings. The van der Waals surface area contributed by atoms with Gasteiger partial charge in [0.25, 0.3) is 5.69 Å². The summed E-state index contributed by atoms with van der Waals surface area (Å²) in [6.07, 6.45) is 3.37. The third kappa shape index (κ3) is 4.96. The number of nitrogens with one attached hydrogen (secondary N) is 1. The van der Waals surface area contributed by atoms with Crippen LogP contribution in [0.25, 0.3) is 0 Å². The SMILES string of the molecule is CC(C)CCCCNc1ccc(C#N)c([N+](=O)[O-])c1. The molecule has 0 saturated carbocycles. The molecule has 102 valence electrons. The van der Waals surface area contributed by atoms with Crippen LogP contribution in [-0.4, -0.2) is 11.5 Å². The van der Waals surface area contributed by atoms with E-state index in [2.05, 4.69) is 19.2 Å². The molecule has 0 saturated heterocycles. The molecule has 5 heteroatoms. The van der Waals surface area contributed by atoms with E-state index in [4.69, 9.17) is 5.26 Å². The first-order chi connectivity index (χ1) is 9.04. The van der Waals surface area contributed by atoms with Gasteiger partial charge in [-0.25, -0.2) is 0 Å². The molecule has 0 spiro atoms. The van der Waals surface area contributed by atoms with Crippen molar-refractivity contribution in [1.82, 2.24) is 0 Å². The minimum Gasteiger partial charge on any atom is -0.385 e. The molecule has 0 atom stereocenters. The molecule has 5 nitrogen and oxygen atoms in total. The van der Waals surface area contributed by atoms with Gasteiger partial charge in [-0.3, -0.25) is 10.1 Å². The highest BCUT2D eigenvalue weighted by molar-refractivity contribution is 5.59. The number of nitro groups is 1.